The van der Waals surface area contributed by atoms with E-state index in [0.29, 0.717) is 26.3 Å². The lowest BCUT2D eigenvalue weighted by Gasteiger charge is -2.07. The van der Waals surface area contributed by atoms with Crippen LogP contribution in [0.3, 0.4) is 0 Å². The lowest BCUT2D eigenvalue weighted by Crippen LogP contribution is -2.12. The van der Waals surface area contributed by atoms with Gasteiger partial charge in [0, 0.05) is 16.1 Å². The first-order chi connectivity index (χ1) is 11.3. The van der Waals surface area contributed by atoms with E-state index in [0.717, 1.165) is 27.0 Å². The molecule has 7 heteroatoms. The van der Waals surface area contributed by atoms with Gasteiger partial charge in [-0.1, -0.05) is 23.2 Å². The van der Waals surface area contributed by atoms with Gasteiger partial charge >= 0.3 is 0 Å². The Hall–Kier alpha value is -1.82. The number of anilines is 2. The van der Waals surface area contributed by atoms with E-state index in [9.17, 15) is 4.79 Å². The minimum Gasteiger partial charge on any atom is -0.397 e. The number of nitrogen functional groups attached to an aromatic ring is 1. The van der Waals surface area contributed by atoms with Crippen molar-refractivity contribution < 1.29 is 4.79 Å². The second-order valence-corrected chi connectivity index (χ2v) is 7.39. The smallest absolute Gasteiger partial charge is 0.267 e. The van der Waals surface area contributed by atoms with Crippen LogP contribution in [0, 0.1) is 20.8 Å². The number of rotatable bonds is 2. The normalized spacial score (nSPS) is 11.0. The number of hydrogen-bond donors (Lipinski definition) is 2. The SMILES string of the molecule is Cc1nc2sc(C(=O)Nc3ccc(Cl)cc3Cl)c(N)c2c(C)c1C. The highest BCUT2D eigenvalue weighted by Crippen LogP contribution is 2.37. The molecule has 0 aliphatic rings. The molecule has 0 fully saturated rings. The first kappa shape index (κ1) is 17.0. The Morgan fingerprint density at radius 1 is 1.21 bits per heavy atom. The number of thiophene rings is 1. The van der Waals surface area contributed by atoms with E-state index in [1.165, 1.54) is 11.3 Å². The van der Waals surface area contributed by atoms with Gasteiger partial charge in [-0.25, -0.2) is 4.98 Å². The first-order valence-corrected chi connectivity index (χ1v) is 8.79. The van der Waals surface area contributed by atoms with Crippen molar-refractivity contribution in [2.45, 2.75) is 20.8 Å². The van der Waals surface area contributed by atoms with E-state index in [1.807, 2.05) is 20.8 Å². The molecule has 0 aliphatic carbocycles. The molecule has 2 aromatic heterocycles. The number of carbonyl (C=O) groups is 1. The Bertz CT molecular complexity index is 982. The van der Waals surface area contributed by atoms with Crippen molar-refractivity contribution in [3.63, 3.8) is 0 Å². The predicted octanol–water partition coefficient (Wildman–Crippen LogP) is 5.36. The summed E-state index contributed by atoms with van der Waals surface area (Å²) < 4.78 is 0. The van der Waals surface area contributed by atoms with Crippen molar-refractivity contribution in [3.8, 4) is 0 Å². The summed E-state index contributed by atoms with van der Waals surface area (Å²) in [6, 6.07) is 4.89. The fourth-order valence-electron chi connectivity index (χ4n) is 2.51. The number of fused-ring (bicyclic) bond motifs is 1. The van der Waals surface area contributed by atoms with Crippen molar-refractivity contribution >= 4 is 62.0 Å². The molecule has 0 saturated carbocycles. The number of hydrogen-bond acceptors (Lipinski definition) is 4. The fraction of sp³-hybridized carbons (Fsp3) is 0.176. The molecular formula is C17H15Cl2N3OS. The van der Waals surface area contributed by atoms with E-state index in [4.69, 9.17) is 28.9 Å². The average molecular weight is 380 g/mol. The van der Waals surface area contributed by atoms with Crippen LogP contribution < -0.4 is 11.1 Å². The van der Waals surface area contributed by atoms with E-state index >= 15 is 0 Å². The number of benzene rings is 1. The quantitative estimate of drug-likeness (QED) is 0.629. The Kier molecular flexibility index (Phi) is 4.42. The molecule has 1 aromatic carbocycles. The number of nitrogens with two attached hydrogens (primary N) is 1. The van der Waals surface area contributed by atoms with E-state index in [-0.39, 0.29) is 5.91 Å². The van der Waals surface area contributed by atoms with Gasteiger partial charge < -0.3 is 11.1 Å². The zero-order chi connectivity index (χ0) is 17.6. The summed E-state index contributed by atoms with van der Waals surface area (Å²) in [4.78, 5) is 18.4. The largest absolute Gasteiger partial charge is 0.397 e. The van der Waals surface area contributed by atoms with E-state index in [1.54, 1.807) is 18.2 Å². The van der Waals surface area contributed by atoms with Crippen molar-refractivity contribution in [2.75, 3.05) is 11.1 Å². The van der Waals surface area contributed by atoms with Gasteiger partial charge in [-0.05, 0) is 50.1 Å². The van der Waals surface area contributed by atoms with Crippen molar-refractivity contribution in [2.24, 2.45) is 0 Å². The maximum Gasteiger partial charge on any atom is 0.267 e. The molecule has 3 aromatic rings. The third-order valence-corrected chi connectivity index (χ3v) is 5.71. The maximum absolute atomic E-state index is 12.6. The Morgan fingerprint density at radius 3 is 2.58 bits per heavy atom. The third-order valence-electron chi connectivity index (χ3n) is 4.06. The number of amides is 1. The highest BCUT2D eigenvalue weighted by Gasteiger charge is 2.20. The molecule has 0 bridgehead atoms. The number of carbonyl (C=O) groups excluding carboxylic acids is 1. The van der Waals surface area contributed by atoms with Crippen molar-refractivity contribution in [3.05, 3.63) is 49.9 Å². The fourth-order valence-corrected chi connectivity index (χ4v) is 4.06. The lowest BCUT2D eigenvalue weighted by molar-refractivity contribution is 0.103. The molecule has 0 aliphatic heterocycles. The Balaban J connectivity index is 2.04. The molecule has 0 unspecified atom stereocenters. The van der Waals surface area contributed by atoms with E-state index in [2.05, 4.69) is 10.3 Å². The zero-order valence-electron chi connectivity index (χ0n) is 13.3. The Morgan fingerprint density at radius 2 is 1.92 bits per heavy atom. The van der Waals surface area contributed by atoms with Gasteiger partial charge in [0.15, 0.2) is 0 Å². The minimum atomic E-state index is -0.311. The third kappa shape index (κ3) is 2.83. The number of nitrogens with one attached hydrogen (secondary N) is 1. The van der Waals surface area contributed by atoms with Gasteiger partial charge in [0.25, 0.3) is 5.91 Å². The van der Waals surface area contributed by atoms with Crippen LogP contribution in [0.5, 0.6) is 0 Å². The lowest BCUT2D eigenvalue weighted by atomic mass is 10.1. The van der Waals surface area contributed by atoms with Gasteiger partial charge in [-0.15, -0.1) is 11.3 Å². The summed E-state index contributed by atoms with van der Waals surface area (Å²) in [5.41, 5.74) is 10.2. The van der Waals surface area contributed by atoms with Crippen molar-refractivity contribution in [1.82, 2.24) is 4.98 Å². The number of halogens is 2. The number of pyridine rings is 1. The Labute approximate surface area is 153 Å². The topological polar surface area (TPSA) is 68.0 Å². The molecule has 1 amide bonds. The van der Waals surface area contributed by atoms with Crippen LogP contribution in [0.2, 0.25) is 10.0 Å². The van der Waals surface area contributed by atoms with Crippen LogP contribution in [0.15, 0.2) is 18.2 Å². The molecule has 2 heterocycles. The summed E-state index contributed by atoms with van der Waals surface area (Å²) in [7, 11) is 0. The summed E-state index contributed by atoms with van der Waals surface area (Å²) in [5, 5.41) is 4.50. The van der Waals surface area contributed by atoms with Crippen LogP contribution in [0.1, 0.15) is 26.5 Å². The average Bonchev–Trinajstić information content (AvgIpc) is 2.84. The van der Waals surface area contributed by atoms with Gasteiger partial charge in [-0.2, -0.15) is 0 Å². The molecule has 3 rings (SSSR count). The second-order valence-electron chi connectivity index (χ2n) is 5.55. The van der Waals surface area contributed by atoms with Crippen LogP contribution in [0.4, 0.5) is 11.4 Å². The summed E-state index contributed by atoms with van der Waals surface area (Å²) in [6.45, 7) is 5.94. The molecule has 0 spiro atoms. The van der Waals surface area contributed by atoms with Crippen LogP contribution in [-0.2, 0) is 0 Å². The second kappa shape index (κ2) is 6.24. The highest BCUT2D eigenvalue weighted by molar-refractivity contribution is 7.21. The predicted molar refractivity (Wildman–Crippen MR) is 103 cm³/mol. The summed E-state index contributed by atoms with van der Waals surface area (Å²) >= 11 is 13.3. The zero-order valence-corrected chi connectivity index (χ0v) is 15.7. The molecule has 3 N–H and O–H groups in total. The first-order valence-electron chi connectivity index (χ1n) is 7.21. The maximum atomic E-state index is 12.6. The molecule has 0 saturated heterocycles. The highest BCUT2D eigenvalue weighted by atomic mass is 35.5. The van der Waals surface area contributed by atoms with E-state index < -0.39 is 0 Å². The monoisotopic (exact) mass is 379 g/mol. The molecule has 4 nitrogen and oxygen atoms in total. The summed E-state index contributed by atoms with van der Waals surface area (Å²) in [5.74, 6) is -0.311. The molecule has 124 valence electrons. The van der Waals surface area contributed by atoms with Gasteiger partial charge in [0.1, 0.15) is 9.71 Å². The number of aromatic nitrogens is 1. The molecular weight excluding hydrogens is 365 g/mol. The van der Waals surface area contributed by atoms with Crippen LogP contribution >= 0.6 is 34.5 Å². The van der Waals surface area contributed by atoms with Crippen LogP contribution in [-0.4, -0.2) is 10.9 Å². The number of aryl methyl sites for hydroxylation is 2. The molecule has 0 atom stereocenters. The standard InChI is InChI=1S/C17H15Cl2N3OS/c1-7-8(2)13-14(20)15(24-17(13)21-9(7)3)16(23)22-12-5-4-10(18)6-11(12)19/h4-6H,20H2,1-3H3,(H,22,23). The minimum absolute atomic E-state index is 0.311. The van der Waals surface area contributed by atoms with Gasteiger partial charge in [0.2, 0.25) is 0 Å². The molecule has 0 radical (unpaired) electrons. The van der Waals surface area contributed by atoms with Gasteiger partial charge in [-0.3, -0.25) is 4.79 Å². The number of nitrogens with zero attached hydrogens (tertiary/aromatic N) is 1. The van der Waals surface area contributed by atoms with Crippen LogP contribution in [0.25, 0.3) is 10.2 Å². The van der Waals surface area contributed by atoms with Crippen molar-refractivity contribution in [1.29, 1.82) is 0 Å². The molecule has 24 heavy (non-hydrogen) atoms. The van der Waals surface area contributed by atoms with Gasteiger partial charge in [0.05, 0.1) is 16.4 Å². The summed E-state index contributed by atoms with van der Waals surface area (Å²) in [6.07, 6.45) is 0.